The fourth-order valence-electron chi connectivity index (χ4n) is 1.89. The third-order valence-corrected chi connectivity index (χ3v) is 3.39. The predicted molar refractivity (Wildman–Crippen MR) is 93.2 cm³/mol. The van der Waals surface area contributed by atoms with Crippen LogP contribution < -0.4 is 20.9 Å². The summed E-state index contributed by atoms with van der Waals surface area (Å²) in [6, 6.07) is 13.7. The van der Waals surface area contributed by atoms with Crippen LogP contribution in [0.2, 0.25) is 5.02 Å². The molecule has 0 aliphatic carbocycles. The van der Waals surface area contributed by atoms with Crippen LogP contribution in [-0.4, -0.2) is 25.0 Å². The van der Waals surface area contributed by atoms with Crippen LogP contribution in [0.5, 0.6) is 5.75 Å². The van der Waals surface area contributed by atoms with E-state index in [1.165, 1.54) is 0 Å². The van der Waals surface area contributed by atoms with Gasteiger partial charge in [0.15, 0.2) is 0 Å². The molecule has 2 aromatic carbocycles. The standard InChI is InChI=1S/C17H18ClN3O3/c1-2-24-13-9-7-12(8-10-13)17(23)21-20-16(22)11-19-15-6-4-3-5-14(15)18/h3-10,19H,2,11H2,1H3,(H,20,22)(H,21,23). The van der Waals surface area contributed by atoms with Crippen LogP contribution >= 0.6 is 11.6 Å². The monoisotopic (exact) mass is 347 g/mol. The molecule has 2 aromatic rings. The van der Waals surface area contributed by atoms with Crippen LogP contribution in [-0.2, 0) is 4.79 Å². The molecule has 3 N–H and O–H groups in total. The fourth-order valence-corrected chi connectivity index (χ4v) is 2.09. The van der Waals surface area contributed by atoms with Gasteiger partial charge in [0, 0.05) is 5.56 Å². The summed E-state index contributed by atoms with van der Waals surface area (Å²) in [5.41, 5.74) is 5.74. The molecule has 0 unspecified atom stereocenters. The van der Waals surface area contributed by atoms with Gasteiger partial charge in [-0.05, 0) is 43.3 Å². The number of rotatable bonds is 6. The van der Waals surface area contributed by atoms with Crippen molar-refractivity contribution in [3.63, 3.8) is 0 Å². The van der Waals surface area contributed by atoms with Crippen LogP contribution in [0.1, 0.15) is 17.3 Å². The molecule has 0 bridgehead atoms. The first-order valence-electron chi connectivity index (χ1n) is 7.40. The third kappa shape index (κ3) is 5.17. The van der Waals surface area contributed by atoms with Gasteiger partial charge in [-0.3, -0.25) is 20.4 Å². The van der Waals surface area contributed by atoms with Crippen LogP contribution in [0.25, 0.3) is 0 Å². The van der Waals surface area contributed by atoms with Crippen molar-refractivity contribution < 1.29 is 14.3 Å². The number of hydrogen-bond donors (Lipinski definition) is 3. The van der Waals surface area contributed by atoms with Gasteiger partial charge < -0.3 is 10.1 Å². The Balaban J connectivity index is 1.78. The lowest BCUT2D eigenvalue weighted by atomic mass is 10.2. The molecule has 0 fully saturated rings. The maximum Gasteiger partial charge on any atom is 0.269 e. The lowest BCUT2D eigenvalue weighted by Gasteiger charge is -2.10. The number of benzene rings is 2. The lowest BCUT2D eigenvalue weighted by Crippen LogP contribution is -2.44. The van der Waals surface area contributed by atoms with Gasteiger partial charge in [-0.2, -0.15) is 0 Å². The Hall–Kier alpha value is -2.73. The van der Waals surface area contributed by atoms with E-state index in [0.29, 0.717) is 28.6 Å². The third-order valence-electron chi connectivity index (χ3n) is 3.06. The van der Waals surface area contributed by atoms with Gasteiger partial charge in [0.1, 0.15) is 5.75 Å². The average molecular weight is 348 g/mol. The number of carbonyl (C=O) groups is 2. The largest absolute Gasteiger partial charge is 0.494 e. The Morgan fingerprint density at radius 3 is 2.42 bits per heavy atom. The fraction of sp³-hybridized carbons (Fsp3) is 0.176. The molecule has 0 aliphatic heterocycles. The molecule has 7 heteroatoms. The van der Waals surface area contributed by atoms with E-state index < -0.39 is 11.8 Å². The summed E-state index contributed by atoms with van der Waals surface area (Å²) in [7, 11) is 0. The lowest BCUT2D eigenvalue weighted by molar-refractivity contribution is -0.120. The van der Waals surface area contributed by atoms with Gasteiger partial charge in [-0.25, -0.2) is 0 Å². The maximum atomic E-state index is 11.9. The van der Waals surface area contributed by atoms with Crippen molar-refractivity contribution >= 4 is 29.1 Å². The molecule has 0 aromatic heterocycles. The maximum absolute atomic E-state index is 11.9. The van der Waals surface area contributed by atoms with Crippen LogP contribution in [0.4, 0.5) is 5.69 Å². The second-order valence-corrected chi connectivity index (χ2v) is 5.20. The molecular formula is C17H18ClN3O3. The van der Waals surface area contributed by atoms with Crippen LogP contribution in [0.15, 0.2) is 48.5 Å². The number of hydrazine groups is 1. The molecular weight excluding hydrogens is 330 g/mol. The molecule has 0 heterocycles. The number of amides is 2. The van der Waals surface area contributed by atoms with Crippen LogP contribution in [0, 0.1) is 0 Å². The molecule has 0 saturated heterocycles. The molecule has 0 saturated carbocycles. The smallest absolute Gasteiger partial charge is 0.269 e. The van der Waals surface area contributed by atoms with Crippen molar-refractivity contribution in [1.29, 1.82) is 0 Å². The first-order chi connectivity index (χ1) is 11.6. The molecule has 0 aliphatic rings. The predicted octanol–water partition coefficient (Wildman–Crippen LogP) is 2.61. The summed E-state index contributed by atoms with van der Waals surface area (Å²) >= 11 is 5.98. The minimum absolute atomic E-state index is 0.0205. The van der Waals surface area contributed by atoms with Gasteiger partial charge in [0.05, 0.1) is 23.9 Å². The number of ether oxygens (including phenoxy) is 1. The van der Waals surface area contributed by atoms with E-state index in [9.17, 15) is 9.59 Å². The zero-order valence-corrected chi connectivity index (χ0v) is 13.9. The highest BCUT2D eigenvalue weighted by Gasteiger charge is 2.08. The van der Waals surface area contributed by atoms with E-state index in [2.05, 4.69) is 16.2 Å². The SMILES string of the molecule is CCOc1ccc(C(=O)NNC(=O)CNc2ccccc2Cl)cc1. The highest BCUT2D eigenvalue weighted by atomic mass is 35.5. The number of nitrogens with one attached hydrogen (secondary N) is 3. The Bertz CT molecular complexity index is 704. The number of anilines is 1. The molecule has 6 nitrogen and oxygen atoms in total. The molecule has 2 rings (SSSR count). The highest BCUT2D eigenvalue weighted by Crippen LogP contribution is 2.19. The van der Waals surface area contributed by atoms with Gasteiger partial charge in [-0.15, -0.1) is 0 Å². The number of halogens is 1. The number of para-hydroxylation sites is 1. The minimum atomic E-state index is -0.413. The number of hydrogen-bond acceptors (Lipinski definition) is 4. The van der Waals surface area contributed by atoms with E-state index in [1.54, 1.807) is 48.5 Å². The van der Waals surface area contributed by atoms with Crippen LogP contribution in [0.3, 0.4) is 0 Å². The number of carbonyl (C=O) groups excluding carboxylic acids is 2. The molecule has 126 valence electrons. The van der Waals surface area contributed by atoms with Crippen molar-refractivity contribution in [1.82, 2.24) is 10.9 Å². The van der Waals surface area contributed by atoms with Gasteiger partial charge >= 0.3 is 0 Å². The van der Waals surface area contributed by atoms with Gasteiger partial charge in [0.2, 0.25) is 0 Å². The first kappa shape index (κ1) is 17.6. The Kier molecular flexibility index (Phi) is 6.45. The van der Waals surface area contributed by atoms with Crippen molar-refractivity contribution in [2.75, 3.05) is 18.5 Å². The zero-order valence-electron chi connectivity index (χ0n) is 13.1. The summed E-state index contributed by atoms with van der Waals surface area (Å²) in [5, 5.41) is 3.40. The van der Waals surface area contributed by atoms with Crippen molar-refractivity contribution in [2.45, 2.75) is 6.92 Å². The normalized spacial score (nSPS) is 9.92. The molecule has 24 heavy (non-hydrogen) atoms. The Morgan fingerprint density at radius 1 is 1.04 bits per heavy atom. The molecule has 0 atom stereocenters. The molecule has 0 radical (unpaired) electrons. The summed E-state index contributed by atoms with van der Waals surface area (Å²) in [6.07, 6.45) is 0. The van der Waals surface area contributed by atoms with Crippen molar-refractivity contribution in [3.05, 3.63) is 59.1 Å². The zero-order chi connectivity index (χ0) is 17.4. The highest BCUT2D eigenvalue weighted by molar-refractivity contribution is 6.33. The topological polar surface area (TPSA) is 79.5 Å². The second kappa shape index (κ2) is 8.79. The van der Waals surface area contributed by atoms with E-state index in [1.807, 2.05) is 6.92 Å². The molecule has 0 spiro atoms. The minimum Gasteiger partial charge on any atom is -0.494 e. The van der Waals surface area contributed by atoms with Crippen molar-refractivity contribution in [3.8, 4) is 5.75 Å². The summed E-state index contributed by atoms with van der Waals surface area (Å²) in [6.45, 7) is 2.42. The van der Waals surface area contributed by atoms with E-state index in [0.717, 1.165) is 0 Å². The summed E-state index contributed by atoms with van der Waals surface area (Å²) in [5.74, 6) is -0.125. The van der Waals surface area contributed by atoms with Gasteiger partial charge in [-0.1, -0.05) is 23.7 Å². The summed E-state index contributed by atoms with van der Waals surface area (Å²) < 4.78 is 5.30. The average Bonchev–Trinajstić information content (AvgIpc) is 2.60. The van der Waals surface area contributed by atoms with E-state index in [4.69, 9.17) is 16.3 Å². The Morgan fingerprint density at radius 2 is 1.75 bits per heavy atom. The van der Waals surface area contributed by atoms with E-state index >= 15 is 0 Å². The van der Waals surface area contributed by atoms with E-state index in [-0.39, 0.29) is 6.54 Å². The van der Waals surface area contributed by atoms with Crippen molar-refractivity contribution in [2.24, 2.45) is 0 Å². The quantitative estimate of drug-likeness (QED) is 0.702. The van der Waals surface area contributed by atoms with Gasteiger partial charge in [0.25, 0.3) is 11.8 Å². The second-order valence-electron chi connectivity index (χ2n) is 4.79. The molecule has 2 amide bonds. The summed E-state index contributed by atoms with van der Waals surface area (Å²) in [4.78, 5) is 23.7. The Labute approximate surface area is 145 Å². The first-order valence-corrected chi connectivity index (χ1v) is 7.78.